The summed E-state index contributed by atoms with van der Waals surface area (Å²) in [5.41, 5.74) is 4.72. The fourth-order valence-electron chi connectivity index (χ4n) is 5.04. The lowest BCUT2D eigenvalue weighted by atomic mass is 9.95. The molecule has 3 heterocycles. The molecule has 0 unspecified atom stereocenters. The van der Waals surface area contributed by atoms with Gasteiger partial charge in [-0.15, -0.1) is 0 Å². The van der Waals surface area contributed by atoms with Gasteiger partial charge >= 0.3 is 0 Å². The van der Waals surface area contributed by atoms with Gasteiger partial charge in [-0.1, -0.05) is 54.6 Å². The van der Waals surface area contributed by atoms with Crippen LogP contribution in [0.3, 0.4) is 0 Å². The highest BCUT2D eigenvalue weighted by molar-refractivity contribution is 6.51. The first-order valence-electron chi connectivity index (χ1n) is 12.2. The van der Waals surface area contributed by atoms with Crippen LogP contribution in [-0.4, -0.2) is 33.1 Å². The van der Waals surface area contributed by atoms with Gasteiger partial charge in [-0.05, 0) is 30.2 Å². The Hall–Kier alpha value is -4.62. The normalized spacial score (nSPS) is 13.6. The number of aromatic amines is 1. The number of carbonyl (C=O) groups is 2. The maximum Gasteiger partial charge on any atom is 0.259 e. The van der Waals surface area contributed by atoms with Crippen LogP contribution in [-0.2, 0) is 22.7 Å². The molecule has 0 spiro atoms. The Bertz CT molecular complexity index is 1680. The number of nitrogens with one attached hydrogen (secondary N) is 2. The van der Waals surface area contributed by atoms with Gasteiger partial charge in [0.05, 0.1) is 16.7 Å². The average Bonchev–Trinajstić information content (AvgIpc) is 3.59. The molecule has 37 heavy (non-hydrogen) atoms. The van der Waals surface area contributed by atoms with E-state index in [0.29, 0.717) is 47.6 Å². The minimum atomic E-state index is -0.440. The number of benzene rings is 3. The molecule has 0 saturated carbocycles. The Morgan fingerprint density at radius 1 is 0.838 bits per heavy atom. The summed E-state index contributed by atoms with van der Waals surface area (Å²) in [6, 6.07) is 23.3. The van der Waals surface area contributed by atoms with E-state index in [2.05, 4.69) is 10.3 Å². The third kappa shape index (κ3) is 3.99. The van der Waals surface area contributed by atoms with Crippen molar-refractivity contribution < 1.29 is 19.4 Å². The summed E-state index contributed by atoms with van der Waals surface area (Å²) in [4.78, 5) is 29.7. The van der Waals surface area contributed by atoms with Gasteiger partial charge in [0.1, 0.15) is 12.4 Å². The van der Waals surface area contributed by atoms with Crippen LogP contribution in [0.4, 0.5) is 0 Å². The maximum atomic E-state index is 13.3. The van der Waals surface area contributed by atoms with Crippen LogP contribution >= 0.6 is 0 Å². The third-order valence-corrected chi connectivity index (χ3v) is 6.72. The van der Waals surface area contributed by atoms with Crippen LogP contribution in [0.2, 0.25) is 0 Å². The maximum absolute atomic E-state index is 13.3. The van der Waals surface area contributed by atoms with Crippen LogP contribution < -0.4 is 10.1 Å². The number of fused-ring (bicyclic) bond motifs is 2. The molecule has 7 heteroatoms. The fourth-order valence-corrected chi connectivity index (χ4v) is 5.04. The van der Waals surface area contributed by atoms with Gasteiger partial charge < -0.3 is 19.4 Å². The highest BCUT2D eigenvalue weighted by atomic mass is 16.5. The van der Waals surface area contributed by atoms with Crippen molar-refractivity contribution in [2.75, 3.05) is 6.61 Å². The van der Waals surface area contributed by atoms with Crippen molar-refractivity contribution in [3.8, 4) is 5.75 Å². The predicted octanol–water partition coefficient (Wildman–Crippen LogP) is 4.65. The predicted molar refractivity (Wildman–Crippen MR) is 143 cm³/mol. The number of rotatable bonds is 8. The van der Waals surface area contributed by atoms with Gasteiger partial charge in [-0.2, -0.15) is 0 Å². The van der Waals surface area contributed by atoms with Crippen molar-refractivity contribution >= 4 is 44.8 Å². The minimum Gasteiger partial charge on any atom is -0.488 e. The lowest BCUT2D eigenvalue weighted by molar-refractivity contribution is -0.122. The Balaban J connectivity index is 1.57. The molecule has 3 aromatic carbocycles. The number of ether oxygens (including phenoxy) is 1. The molecule has 0 aliphatic carbocycles. The number of hydrogen-bond donors (Lipinski definition) is 3. The number of aromatic nitrogens is 2. The molecule has 0 atom stereocenters. The molecular formula is C30H25N3O4. The van der Waals surface area contributed by atoms with Gasteiger partial charge in [0.2, 0.25) is 0 Å². The SMILES string of the molecule is O=C1NC(=O)C(c2cn(CCCO)c3cccc(OCc4ccccc4)c23)=C1c1c[nH]c2ccccc12. The van der Waals surface area contributed by atoms with E-state index < -0.39 is 11.8 Å². The second-order valence-corrected chi connectivity index (χ2v) is 9.02. The summed E-state index contributed by atoms with van der Waals surface area (Å²) >= 11 is 0. The molecule has 1 aliphatic rings. The summed E-state index contributed by atoms with van der Waals surface area (Å²) in [5, 5.41) is 13.6. The molecule has 0 saturated heterocycles. The summed E-state index contributed by atoms with van der Waals surface area (Å²) in [7, 11) is 0. The smallest absolute Gasteiger partial charge is 0.259 e. The average molecular weight is 492 g/mol. The lowest BCUT2D eigenvalue weighted by Gasteiger charge is -2.10. The number of nitrogens with zero attached hydrogens (tertiary/aromatic N) is 1. The van der Waals surface area contributed by atoms with Crippen molar-refractivity contribution in [3.05, 3.63) is 102 Å². The highest BCUT2D eigenvalue weighted by Gasteiger charge is 2.35. The van der Waals surface area contributed by atoms with E-state index in [4.69, 9.17) is 4.74 Å². The topological polar surface area (TPSA) is 96.3 Å². The molecule has 0 radical (unpaired) electrons. The molecule has 6 rings (SSSR count). The third-order valence-electron chi connectivity index (χ3n) is 6.72. The number of aryl methyl sites for hydroxylation is 1. The van der Waals surface area contributed by atoms with Gasteiger partial charge in [-0.3, -0.25) is 14.9 Å². The minimum absolute atomic E-state index is 0.0431. The Morgan fingerprint density at radius 3 is 2.41 bits per heavy atom. The number of para-hydroxylation sites is 1. The molecule has 2 aromatic heterocycles. The number of carbonyl (C=O) groups excluding carboxylic acids is 2. The van der Waals surface area contributed by atoms with E-state index in [1.807, 2.05) is 83.6 Å². The number of amides is 2. The molecular weight excluding hydrogens is 466 g/mol. The fraction of sp³-hybridized carbons (Fsp3) is 0.133. The molecule has 2 amide bonds. The van der Waals surface area contributed by atoms with Gasteiger partial charge in [0.15, 0.2) is 0 Å². The Labute approximate surface area is 213 Å². The largest absolute Gasteiger partial charge is 0.488 e. The highest BCUT2D eigenvalue weighted by Crippen LogP contribution is 2.41. The monoisotopic (exact) mass is 491 g/mol. The number of aliphatic hydroxyl groups excluding tert-OH is 1. The lowest BCUT2D eigenvalue weighted by Crippen LogP contribution is -2.22. The van der Waals surface area contributed by atoms with Gasteiger partial charge in [0.25, 0.3) is 11.8 Å². The van der Waals surface area contributed by atoms with E-state index in [-0.39, 0.29) is 6.61 Å². The number of imide groups is 1. The Morgan fingerprint density at radius 2 is 1.59 bits per heavy atom. The van der Waals surface area contributed by atoms with Crippen LogP contribution in [0.25, 0.3) is 33.0 Å². The van der Waals surface area contributed by atoms with E-state index in [1.54, 1.807) is 6.20 Å². The first kappa shape index (κ1) is 22.8. The molecule has 184 valence electrons. The molecule has 1 aliphatic heterocycles. The van der Waals surface area contributed by atoms with Crippen molar-refractivity contribution in [2.45, 2.75) is 19.6 Å². The molecule has 7 nitrogen and oxygen atoms in total. The van der Waals surface area contributed by atoms with Crippen LogP contribution in [0.1, 0.15) is 23.1 Å². The summed E-state index contributed by atoms with van der Waals surface area (Å²) in [6.45, 7) is 0.961. The van der Waals surface area contributed by atoms with Crippen LogP contribution in [0.15, 0.2) is 85.2 Å². The van der Waals surface area contributed by atoms with Crippen molar-refractivity contribution in [1.29, 1.82) is 0 Å². The molecule has 0 bridgehead atoms. The quantitative estimate of drug-likeness (QED) is 0.275. The second kappa shape index (κ2) is 9.44. The second-order valence-electron chi connectivity index (χ2n) is 9.02. The van der Waals surface area contributed by atoms with Crippen molar-refractivity contribution in [3.63, 3.8) is 0 Å². The number of aliphatic hydroxyl groups is 1. The number of hydrogen-bond acceptors (Lipinski definition) is 4. The van der Waals surface area contributed by atoms with Gasteiger partial charge in [0, 0.05) is 53.0 Å². The first-order chi connectivity index (χ1) is 18.2. The summed E-state index contributed by atoms with van der Waals surface area (Å²) < 4.78 is 8.28. The zero-order valence-electron chi connectivity index (χ0n) is 20.0. The van der Waals surface area contributed by atoms with E-state index in [9.17, 15) is 14.7 Å². The zero-order chi connectivity index (χ0) is 25.4. The van der Waals surface area contributed by atoms with Crippen molar-refractivity contribution in [2.24, 2.45) is 0 Å². The number of H-pyrrole nitrogens is 1. The summed E-state index contributed by atoms with van der Waals surface area (Å²) in [5.74, 6) is -0.245. The molecule has 0 fully saturated rings. The van der Waals surface area contributed by atoms with Crippen LogP contribution in [0, 0.1) is 0 Å². The summed E-state index contributed by atoms with van der Waals surface area (Å²) in [6.07, 6.45) is 4.21. The van der Waals surface area contributed by atoms with Crippen LogP contribution in [0.5, 0.6) is 5.75 Å². The molecule has 5 aromatic rings. The van der Waals surface area contributed by atoms with Gasteiger partial charge in [-0.25, -0.2) is 0 Å². The van der Waals surface area contributed by atoms with E-state index in [0.717, 1.165) is 27.4 Å². The van der Waals surface area contributed by atoms with E-state index in [1.165, 1.54) is 0 Å². The Kier molecular flexibility index (Phi) is 5.82. The standard InChI is InChI=1S/C30H25N3O4/c34-15-7-14-33-17-22(26-24(33)12-6-13-25(26)37-18-19-8-2-1-3-9-19)28-27(29(35)32-30(28)36)21-16-31-23-11-5-4-10-20(21)23/h1-6,8-13,16-17,31,34H,7,14-15,18H2,(H,32,35,36). The zero-order valence-corrected chi connectivity index (χ0v) is 20.0. The molecule has 3 N–H and O–H groups in total. The van der Waals surface area contributed by atoms with Crippen molar-refractivity contribution in [1.82, 2.24) is 14.9 Å². The van der Waals surface area contributed by atoms with E-state index >= 15 is 0 Å². The first-order valence-corrected chi connectivity index (χ1v) is 12.2.